The van der Waals surface area contributed by atoms with Crippen molar-refractivity contribution < 1.29 is 9.53 Å². The van der Waals surface area contributed by atoms with Crippen molar-refractivity contribution in [2.24, 2.45) is 5.41 Å². The summed E-state index contributed by atoms with van der Waals surface area (Å²) in [6.07, 6.45) is 1.18. The molecular formula is C28H24N2O2. The van der Waals surface area contributed by atoms with Crippen molar-refractivity contribution >= 4 is 22.2 Å². The topological polar surface area (TPSA) is 65.2 Å². The number of aromatic nitrogens is 1. The molecule has 0 fully saturated rings. The predicted octanol–water partition coefficient (Wildman–Crippen LogP) is 6.26. The molecule has 6 rings (SSSR count). The van der Waals surface area contributed by atoms with Gasteiger partial charge in [0.1, 0.15) is 5.75 Å². The van der Waals surface area contributed by atoms with E-state index in [2.05, 4.69) is 50.2 Å². The summed E-state index contributed by atoms with van der Waals surface area (Å²) in [6, 6.07) is 22.7. The number of nitrogens with zero attached hydrogens (tertiary/aromatic N) is 1. The molecule has 0 spiro atoms. The first-order valence-corrected chi connectivity index (χ1v) is 11.0. The average molecular weight is 421 g/mol. The lowest BCUT2D eigenvalue weighted by Gasteiger charge is -2.35. The number of nitrogens with two attached hydrogens (primary N) is 1. The fourth-order valence-electron chi connectivity index (χ4n) is 5.32. The molecule has 4 heteroatoms. The first kappa shape index (κ1) is 19.1. The van der Waals surface area contributed by atoms with E-state index in [-0.39, 0.29) is 17.1 Å². The van der Waals surface area contributed by atoms with Crippen molar-refractivity contribution in [3.8, 4) is 11.6 Å². The fraction of sp³-hybridized carbons (Fsp3) is 0.214. The second-order valence-corrected chi connectivity index (χ2v) is 9.66. The Bertz CT molecular complexity index is 1410. The van der Waals surface area contributed by atoms with Crippen molar-refractivity contribution in [1.82, 2.24) is 4.98 Å². The number of nitrogen functional groups attached to an aromatic ring is 1. The standard InChI is InChI=1S/C28H24N2O2/c1-28(2)14-20-23(21(31)15-28)25(29)24-22(17-9-4-3-5-10-17)19-13-12-16-8-6-7-11-18(16)26(19)32-27(24)30-20/h3-13,22H,14-15H2,1-2H3,(H2,29,30). The van der Waals surface area contributed by atoms with Gasteiger partial charge in [0.05, 0.1) is 22.5 Å². The second kappa shape index (κ2) is 6.67. The van der Waals surface area contributed by atoms with E-state index < -0.39 is 0 Å². The summed E-state index contributed by atoms with van der Waals surface area (Å²) in [5.74, 6) is 1.25. The Balaban J connectivity index is 1.67. The van der Waals surface area contributed by atoms with Gasteiger partial charge in [0.25, 0.3) is 0 Å². The van der Waals surface area contributed by atoms with E-state index in [1.54, 1.807) is 0 Å². The third kappa shape index (κ3) is 2.76. The first-order chi connectivity index (χ1) is 15.4. The van der Waals surface area contributed by atoms with Gasteiger partial charge in [0.15, 0.2) is 5.78 Å². The number of ether oxygens (including phenoxy) is 1. The van der Waals surface area contributed by atoms with Crippen LogP contribution < -0.4 is 10.5 Å². The highest BCUT2D eigenvalue weighted by Gasteiger charge is 2.39. The number of benzene rings is 3. The van der Waals surface area contributed by atoms with Gasteiger partial charge < -0.3 is 10.5 Å². The number of carbonyl (C=O) groups is 1. The minimum absolute atomic E-state index is 0.0696. The zero-order valence-corrected chi connectivity index (χ0v) is 18.2. The van der Waals surface area contributed by atoms with Gasteiger partial charge in [0, 0.05) is 23.3 Å². The van der Waals surface area contributed by atoms with Crippen LogP contribution in [-0.4, -0.2) is 10.8 Å². The lowest BCUT2D eigenvalue weighted by Crippen LogP contribution is -2.30. The minimum Gasteiger partial charge on any atom is -0.438 e. The molecule has 2 aliphatic rings. The number of anilines is 1. The molecule has 4 aromatic rings. The van der Waals surface area contributed by atoms with Gasteiger partial charge in [0.2, 0.25) is 5.88 Å². The molecule has 2 N–H and O–H groups in total. The Morgan fingerprint density at radius 2 is 1.72 bits per heavy atom. The molecule has 0 bridgehead atoms. The van der Waals surface area contributed by atoms with E-state index in [0.717, 1.165) is 38.9 Å². The predicted molar refractivity (Wildman–Crippen MR) is 126 cm³/mol. The summed E-state index contributed by atoms with van der Waals surface area (Å²) in [7, 11) is 0. The Morgan fingerprint density at radius 1 is 0.969 bits per heavy atom. The van der Waals surface area contributed by atoms with Gasteiger partial charge in [-0.1, -0.05) is 80.6 Å². The van der Waals surface area contributed by atoms with Crippen LogP contribution in [0, 0.1) is 5.41 Å². The van der Waals surface area contributed by atoms with Crippen LogP contribution in [0.15, 0.2) is 66.7 Å². The molecular weight excluding hydrogens is 396 g/mol. The van der Waals surface area contributed by atoms with Crippen molar-refractivity contribution in [2.75, 3.05) is 5.73 Å². The van der Waals surface area contributed by atoms with Gasteiger partial charge in [-0.25, -0.2) is 4.98 Å². The van der Waals surface area contributed by atoms with E-state index in [9.17, 15) is 4.79 Å². The van der Waals surface area contributed by atoms with Gasteiger partial charge in [-0.15, -0.1) is 0 Å². The van der Waals surface area contributed by atoms with Gasteiger partial charge in [-0.05, 0) is 22.8 Å². The second-order valence-electron chi connectivity index (χ2n) is 9.66. The van der Waals surface area contributed by atoms with Crippen molar-refractivity contribution in [3.05, 3.63) is 94.7 Å². The van der Waals surface area contributed by atoms with Crippen LogP contribution in [0.4, 0.5) is 5.69 Å². The van der Waals surface area contributed by atoms with Crippen molar-refractivity contribution in [1.29, 1.82) is 0 Å². The normalized spacial score (nSPS) is 18.4. The SMILES string of the molecule is CC1(C)CC(=O)c2c(nc3c(c2N)C(c2ccccc2)c2ccc4ccccc4c2O3)C1. The molecule has 158 valence electrons. The van der Waals surface area contributed by atoms with Crippen LogP contribution in [0.1, 0.15) is 58.9 Å². The maximum absolute atomic E-state index is 13.1. The summed E-state index contributed by atoms with van der Waals surface area (Å²) >= 11 is 0. The number of ketones is 1. The lowest BCUT2D eigenvalue weighted by molar-refractivity contribution is 0.0911. The molecule has 0 saturated heterocycles. The van der Waals surface area contributed by atoms with Gasteiger partial charge in [-0.2, -0.15) is 0 Å². The van der Waals surface area contributed by atoms with Crippen LogP contribution in [-0.2, 0) is 6.42 Å². The number of carbonyl (C=O) groups excluding carboxylic acids is 1. The molecule has 1 unspecified atom stereocenters. The lowest BCUT2D eigenvalue weighted by atomic mass is 9.73. The summed E-state index contributed by atoms with van der Waals surface area (Å²) in [5, 5.41) is 2.16. The number of Topliss-reactive ketones (excluding diaryl/α,β-unsaturated/α-hetero) is 1. The molecule has 32 heavy (non-hydrogen) atoms. The molecule has 3 aromatic carbocycles. The summed E-state index contributed by atoms with van der Waals surface area (Å²) in [5.41, 5.74) is 11.4. The Hall–Kier alpha value is -3.66. The number of hydrogen-bond acceptors (Lipinski definition) is 4. The van der Waals surface area contributed by atoms with E-state index in [1.807, 2.05) is 30.3 Å². The molecule has 4 nitrogen and oxygen atoms in total. The zero-order chi connectivity index (χ0) is 22.0. The highest BCUT2D eigenvalue weighted by atomic mass is 16.5. The van der Waals surface area contributed by atoms with E-state index in [0.29, 0.717) is 30.0 Å². The summed E-state index contributed by atoms with van der Waals surface area (Å²) in [6.45, 7) is 4.20. The molecule has 1 atom stereocenters. The third-order valence-electron chi connectivity index (χ3n) is 6.72. The van der Waals surface area contributed by atoms with Crippen LogP contribution >= 0.6 is 0 Å². The zero-order valence-electron chi connectivity index (χ0n) is 18.2. The third-order valence-corrected chi connectivity index (χ3v) is 6.72. The van der Waals surface area contributed by atoms with Crippen molar-refractivity contribution in [3.63, 3.8) is 0 Å². The minimum atomic E-state index is -0.153. The number of rotatable bonds is 1. The number of fused-ring (bicyclic) bond motifs is 5. The highest BCUT2D eigenvalue weighted by molar-refractivity contribution is 6.04. The first-order valence-electron chi connectivity index (χ1n) is 11.0. The maximum Gasteiger partial charge on any atom is 0.225 e. The maximum atomic E-state index is 13.1. The molecule has 1 aliphatic carbocycles. The Kier molecular flexibility index (Phi) is 3.97. The highest BCUT2D eigenvalue weighted by Crippen LogP contribution is 2.53. The van der Waals surface area contributed by atoms with Crippen LogP contribution in [0.3, 0.4) is 0 Å². The molecule has 2 heterocycles. The molecule has 0 radical (unpaired) electrons. The van der Waals surface area contributed by atoms with E-state index in [4.69, 9.17) is 15.5 Å². The Labute approximate surface area is 187 Å². The van der Waals surface area contributed by atoms with Gasteiger partial charge >= 0.3 is 0 Å². The van der Waals surface area contributed by atoms with Crippen LogP contribution in [0.25, 0.3) is 10.8 Å². The van der Waals surface area contributed by atoms with Gasteiger partial charge in [-0.3, -0.25) is 4.79 Å². The monoisotopic (exact) mass is 420 g/mol. The largest absolute Gasteiger partial charge is 0.438 e. The molecule has 0 amide bonds. The molecule has 0 saturated carbocycles. The van der Waals surface area contributed by atoms with E-state index in [1.165, 1.54) is 0 Å². The van der Waals surface area contributed by atoms with E-state index >= 15 is 0 Å². The van der Waals surface area contributed by atoms with Crippen LogP contribution in [0.2, 0.25) is 0 Å². The summed E-state index contributed by atoms with van der Waals surface area (Å²) < 4.78 is 6.49. The van der Waals surface area contributed by atoms with Crippen molar-refractivity contribution in [2.45, 2.75) is 32.6 Å². The smallest absolute Gasteiger partial charge is 0.225 e. The summed E-state index contributed by atoms with van der Waals surface area (Å²) in [4.78, 5) is 18.0. The van der Waals surface area contributed by atoms with Crippen LogP contribution in [0.5, 0.6) is 11.6 Å². The number of hydrogen-bond donors (Lipinski definition) is 1. The molecule has 1 aliphatic heterocycles. The molecule has 1 aromatic heterocycles. The Morgan fingerprint density at radius 3 is 2.53 bits per heavy atom. The fourth-order valence-corrected chi connectivity index (χ4v) is 5.32. The number of pyridine rings is 1. The quantitative estimate of drug-likeness (QED) is 0.348. The average Bonchev–Trinajstić information content (AvgIpc) is 2.77.